The van der Waals surface area contributed by atoms with Crippen molar-refractivity contribution < 1.29 is 9.84 Å². The molecule has 3 nitrogen and oxygen atoms in total. The summed E-state index contributed by atoms with van der Waals surface area (Å²) in [7, 11) is 0. The Kier molecular flexibility index (Phi) is 5.45. The fourth-order valence-electron chi connectivity index (χ4n) is 1.83. The van der Waals surface area contributed by atoms with Crippen LogP contribution in [0.2, 0.25) is 0 Å². The van der Waals surface area contributed by atoms with E-state index in [1.165, 1.54) is 0 Å². The van der Waals surface area contributed by atoms with Crippen LogP contribution in [0.25, 0.3) is 0 Å². The number of ether oxygens (including phenoxy) is 1. The minimum atomic E-state index is -0.513. The van der Waals surface area contributed by atoms with E-state index < -0.39 is 6.10 Å². The second-order valence-electron chi connectivity index (χ2n) is 4.59. The summed E-state index contributed by atoms with van der Waals surface area (Å²) in [6, 6.07) is 7.61. The average Bonchev–Trinajstić information content (AvgIpc) is 2.30. The average molecular weight is 237 g/mol. The Labute approximate surface area is 104 Å². The Balaban J connectivity index is 2.83. The van der Waals surface area contributed by atoms with Gasteiger partial charge in [0.25, 0.3) is 0 Å². The predicted octanol–water partition coefficient (Wildman–Crippen LogP) is 2.49. The fourth-order valence-corrected chi connectivity index (χ4v) is 1.83. The second kappa shape index (κ2) is 6.62. The first-order valence-corrected chi connectivity index (χ1v) is 6.23. The number of aliphatic hydroxyl groups excluding tert-OH is 1. The zero-order valence-electron chi connectivity index (χ0n) is 10.9. The quantitative estimate of drug-likeness (QED) is 0.799. The molecule has 2 atom stereocenters. The third-order valence-corrected chi connectivity index (χ3v) is 2.85. The van der Waals surface area contributed by atoms with Gasteiger partial charge in [-0.3, -0.25) is 0 Å². The topological polar surface area (TPSA) is 55.5 Å². The normalized spacial score (nSPS) is 14.7. The molecule has 1 aromatic carbocycles. The number of nitrogens with two attached hydrogens (primary N) is 1. The lowest BCUT2D eigenvalue weighted by Crippen LogP contribution is -2.21. The molecular weight excluding hydrogens is 214 g/mol. The van der Waals surface area contributed by atoms with Crippen LogP contribution < -0.4 is 10.5 Å². The van der Waals surface area contributed by atoms with E-state index in [-0.39, 0.29) is 12.0 Å². The summed E-state index contributed by atoms with van der Waals surface area (Å²) >= 11 is 0. The van der Waals surface area contributed by atoms with Gasteiger partial charge in [-0.05, 0) is 44.5 Å². The van der Waals surface area contributed by atoms with Gasteiger partial charge in [0.1, 0.15) is 5.75 Å². The molecule has 0 radical (unpaired) electrons. The van der Waals surface area contributed by atoms with Crippen molar-refractivity contribution in [2.75, 3.05) is 6.54 Å². The van der Waals surface area contributed by atoms with Crippen LogP contribution in [-0.2, 0) is 0 Å². The molecule has 2 unspecified atom stereocenters. The molecule has 0 aliphatic rings. The summed E-state index contributed by atoms with van der Waals surface area (Å²) in [6.45, 7) is 6.50. The number of aliphatic hydroxyl groups is 1. The number of hydrogen-bond donors (Lipinski definition) is 2. The van der Waals surface area contributed by atoms with E-state index >= 15 is 0 Å². The van der Waals surface area contributed by atoms with Gasteiger partial charge >= 0.3 is 0 Å². The Morgan fingerprint density at radius 3 is 2.59 bits per heavy atom. The fraction of sp³-hybridized carbons (Fsp3) is 0.571. The summed E-state index contributed by atoms with van der Waals surface area (Å²) in [5.41, 5.74) is 6.52. The lowest BCUT2D eigenvalue weighted by molar-refractivity contribution is 0.109. The number of benzene rings is 1. The lowest BCUT2D eigenvalue weighted by Gasteiger charge is -2.21. The molecule has 17 heavy (non-hydrogen) atoms. The molecular formula is C14H23NO2. The maximum atomic E-state index is 10.2. The highest BCUT2D eigenvalue weighted by Crippen LogP contribution is 2.26. The van der Waals surface area contributed by atoms with Crippen molar-refractivity contribution in [3.05, 3.63) is 29.8 Å². The van der Waals surface area contributed by atoms with Gasteiger partial charge in [-0.2, -0.15) is 0 Å². The highest BCUT2D eigenvalue weighted by Gasteiger charge is 2.18. The summed E-state index contributed by atoms with van der Waals surface area (Å²) in [5.74, 6) is 0.896. The van der Waals surface area contributed by atoms with Crippen LogP contribution in [0.3, 0.4) is 0 Å². The minimum Gasteiger partial charge on any atom is -0.491 e. The van der Waals surface area contributed by atoms with Crippen LogP contribution in [0.5, 0.6) is 5.75 Å². The van der Waals surface area contributed by atoms with Gasteiger partial charge in [0, 0.05) is 5.92 Å². The number of hydrogen-bond acceptors (Lipinski definition) is 3. The highest BCUT2D eigenvalue weighted by molar-refractivity contribution is 5.30. The van der Waals surface area contributed by atoms with Crippen molar-refractivity contribution in [2.24, 2.45) is 11.7 Å². The van der Waals surface area contributed by atoms with Gasteiger partial charge < -0.3 is 15.6 Å². The van der Waals surface area contributed by atoms with Gasteiger partial charge in [-0.15, -0.1) is 0 Å². The summed E-state index contributed by atoms with van der Waals surface area (Å²) in [4.78, 5) is 0. The van der Waals surface area contributed by atoms with E-state index in [9.17, 15) is 5.11 Å². The van der Waals surface area contributed by atoms with E-state index in [1.807, 2.05) is 45.0 Å². The first-order valence-electron chi connectivity index (χ1n) is 6.23. The standard InChI is InChI=1S/C14H23NO2/c1-4-11(9-15)14(16)12-6-5-7-13(8-12)17-10(2)3/h5-8,10-11,14,16H,4,9,15H2,1-3H3. The largest absolute Gasteiger partial charge is 0.491 e. The van der Waals surface area contributed by atoms with Gasteiger partial charge in [-0.1, -0.05) is 19.1 Å². The minimum absolute atomic E-state index is 0.101. The second-order valence-corrected chi connectivity index (χ2v) is 4.59. The third kappa shape index (κ3) is 4.02. The van der Waals surface area contributed by atoms with Crippen molar-refractivity contribution in [1.29, 1.82) is 0 Å². The van der Waals surface area contributed by atoms with Gasteiger partial charge in [0.2, 0.25) is 0 Å². The molecule has 0 aliphatic heterocycles. The SMILES string of the molecule is CCC(CN)C(O)c1cccc(OC(C)C)c1. The predicted molar refractivity (Wildman–Crippen MR) is 70.0 cm³/mol. The maximum absolute atomic E-state index is 10.2. The maximum Gasteiger partial charge on any atom is 0.120 e. The molecule has 0 heterocycles. The molecule has 0 spiro atoms. The van der Waals surface area contributed by atoms with E-state index in [0.29, 0.717) is 6.54 Å². The zero-order chi connectivity index (χ0) is 12.8. The Morgan fingerprint density at radius 1 is 1.35 bits per heavy atom. The molecule has 0 saturated carbocycles. The molecule has 0 aliphatic carbocycles. The van der Waals surface area contributed by atoms with Crippen molar-refractivity contribution in [1.82, 2.24) is 0 Å². The van der Waals surface area contributed by atoms with Crippen LogP contribution in [0.1, 0.15) is 38.9 Å². The first-order chi connectivity index (χ1) is 8.08. The molecule has 0 bridgehead atoms. The van der Waals surface area contributed by atoms with Gasteiger partial charge in [-0.25, -0.2) is 0 Å². The van der Waals surface area contributed by atoms with E-state index in [0.717, 1.165) is 17.7 Å². The van der Waals surface area contributed by atoms with Crippen molar-refractivity contribution in [3.8, 4) is 5.75 Å². The molecule has 0 saturated heterocycles. The van der Waals surface area contributed by atoms with E-state index in [2.05, 4.69) is 0 Å². The summed E-state index contributed by atoms with van der Waals surface area (Å²) in [6.07, 6.45) is 0.493. The van der Waals surface area contributed by atoms with Crippen LogP contribution in [-0.4, -0.2) is 17.8 Å². The van der Waals surface area contributed by atoms with Crippen LogP contribution in [0, 0.1) is 5.92 Å². The van der Waals surface area contributed by atoms with Gasteiger partial charge in [0.15, 0.2) is 0 Å². The number of rotatable bonds is 6. The van der Waals surface area contributed by atoms with Crippen molar-refractivity contribution in [2.45, 2.75) is 39.4 Å². The third-order valence-electron chi connectivity index (χ3n) is 2.85. The van der Waals surface area contributed by atoms with Crippen LogP contribution in [0.4, 0.5) is 0 Å². The Hall–Kier alpha value is -1.06. The first kappa shape index (κ1) is 14.0. The molecule has 1 aromatic rings. The molecule has 1 rings (SSSR count). The molecule has 0 aromatic heterocycles. The molecule has 3 N–H and O–H groups in total. The Bertz CT molecular complexity index is 335. The van der Waals surface area contributed by atoms with Crippen molar-refractivity contribution >= 4 is 0 Å². The van der Waals surface area contributed by atoms with Crippen LogP contribution >= 0.6 is 0 Å². The summed E-state index contributed by atoms with van der Waals surface area (Å²) in [5, 5.41) is 10.2. The highest BCUT2D eigenvalue weighted by atomic mass is 16.5. The smallest absolute Gasteiger partial charge is 0.120 e. The van der Waals surface area contributed by atoms with Crippen molar-refractivity contribution in [3.63, 3.8) is 0 Å². The van der Waals surface area contributed by atoms with Gasteiger partial charge in [0.05, 0.1) is 12.2 Å². The lowest BCUT2D eigenvalue weighted by atomic mass is 9.93. The summed E-state index contributed by atoms with van der Waals surface area (Å²) < 4.78 is 5.61. The Morgan fingerprint density at radius 2 is 2.06 bits per heavy atom. The molecule has 3 heteroatoms. The molecule has 0 amide bonds. The monoisotopic (exact) mass is 237 g/mol. The van der Waals surface area contributed by atoms with E-state index in [4.69, 9.17) is 10.5 Å². The zero-order valence-corrected chi connectivity index (χ0v) is 10.9. The molecule has 0 fully saturated rings. The van der Waals surface area contributed by atoms with E-state index in [1.54, 1.807) is 0 Å². The molecule has 96 valence electrons. The van der Waals surface area contributed by atoms with Crippen LogP contribution in [0.15, 0.2) is 24.3 Å².